The predicted octanol–water partition coefficient (Wildman–Crippen LogP) is 4.17. The molecular weight excluding hydrogens is 390 g/mol. The molecule has 1 N–H and O–H groups in total. The van der Waals surface area contributed by atoms with Gasteiger partial charge in [-0.25, -0.2) is 9.59 Å². The highest BCUT2D eigenvalue weighted by Gasteiger charge is 2.17. The summed E-state index contributed by atoms with van der Waals surface area (Å²) < 4.78 is 16.5. The molecule has 1 unspecified atom stereocenters. The molecule has 140 valence electrons. The van der Waals surface area contributed by atoms with Gasteiger partial charge in [0.15, 0.2) is 0 Å². The van der Waals surface area contributed by atoms with Gasteiger partial charge in [0.05, 0.1) is 13.7 Å². The molecule has 0 bridgehead atoms. The van der Waals surface area contributed by atoms with Crippen molar-refractivity contribution in [2.24, 2.45) is 5.92 Å². The lowest BCUT2D eigenvalue weighted by molar-refractivity contribution is 0.0521. The van der Waals surface area contributed by atoms with Crippen LogP contribution in [0.1, 0.15) is 44.5 Å². The van der Waals surface area contributed by atoms with E-state index in [-0.39, 0.29) is 5.92 Å². The average molecular weight is 416 g/mol. The number of amides is 1. The van der Waals surface area contributed by atoms with Gasteiger partial charge in [-0.05, 0) is 51.3 Å². The monoisotopic (exact) mass is 415 g/mol. The molecule has 1 rings (SSSR count). The van der Waals surface area contributed by atoms with Crippen molar-refractivity contribution in [2.45, 2.75) is 39.7 Å². The zero-order chi connectivity index (χ0) is 19.0. The number of halogens is 1. The molecular formula is C18H26BrNO5. The normalized spacial score (nSPS) is 12.2. The molecule has 0 aliphatic rings. The Morgan fingerprint density at radius 1 is 1.28 bits per heavy atom. The Morgan fingerprint density at radius 3 is 2.56 bits per heavy atom. The lowest BCUT2D eigenvalue weighted by atomic mass is 10.1. The topological polar surface area (TPSA) is 73.9 Å². The summed E-state index contributed by atoms with van der Waals surface area (Å²) in [5.41, 5.74) is -0.138. The third kappa shape index (κ3) is 8.25. The third-order valence-electron chi connectivity index (χ3n) is 3.18. The number of alkyl carbamates (subject to hydrolysis) is 1. The fourth-order valence-electron chi connectivity index (χ4n) is 1.95. The van der Waals surface area contributed by atoms with Crippen LogP contribution in [0.3, 0.4) is 0 Å². The highest BCUT2D eigenvalue weighted by atomic mass is 79.9. The number of nitrogens with one attached hydrogen (secondary N) is 1. The van der Waals surface area contributed by atoms with E-state index in [2.05, 4.69) is 21.2 Å². The minimum Gasteiger partial charge on any atom is -0.492 e. The largest absolute Gasteiger partial charge is 0.492 e. The number of esters is 1. The average Bonchev–Trinajstić information content (AvgIpc) is 2.51. The second-order valence-corrected chi connectivity index (χ2v) is 7.68. The van der Waals surface area contributed by atoms with Gasteiger partial charge in [-0.2, -0.15) is 0 Å². The molecule has 0 aliphatic carbocycles. The number of carbonyl (C=O) groups is 2. The molecule has 1 aromatic carbocycles. The van der Waals surface area contributed by atoms with E-state index in [4.69, 9.17) is 14.2 Å². The van der Waals surface area contributed by atoms with Crippen molar-refractivity contribution in [3.05, 3.63) is 28.2 Å². The van der Waals surface area contributed by atoms with Gasteiger partial charge in [0.2, 0.25) is 0 Å². The Labute approximate surface area is 157 Å². The van der Waals surface area contributed by atoms with Gasteiger partial charge in [0.25, 0.3) is 0 Å². The van der Waals surface area contributed by atoms with Gasteiger partial charge in [-0.3, -0.25) is 0 Å². The Morgan fingerprint density at radius 2 is 1.96 bits per heavy atom. The van der Waals surface area contributed by atoms with Crippen molar-refractivity contribution in [1.82, 2.24) is 5.32 Å². The number of hydrogen-bond donors (Lipinski definition) is 1. The van der Waals surface area contributed by atoms with Crippen molar-refractivity contribution in [3.8, 4) is 5.75 Å². The van der Waals surface area contributed by atoms with E-state index < -0.39 is 17.7 Å². The number of methoxy groups -OCH3 is 1. The van der Waals surface area contributed by atoms with E-state index in [1.807, 2.05) is 27.7 Å². The van der Waals surface area contributed by atoms with E-state index in [0.29, 0.717) is 24.5 Å². The molecule has 25 heavy (non-hydrogen) atoms. The van der Waals surface area contributed by atoms with Crippen LogP contribution < -0.4 is 10.1 Å². The fraction of sp³-hybridized carbons (Fsp3) is 0.556. The summed E-state index contributed by atoms with van der Waals surface area (Å²) in [5.74, 6) is 0.210. The summed E-state index contributed by atoms with van der Waals surface area (Å²) in [5, 5.41) is 2.72. The van der Waals surface area contributed by atoms with E-state index in [1.165, 1.54) is 7.11 Å². The van der Waals surface area contributed by atoms with E-state index in [0.717, 1.165) is 10.9 Å². The van der Waals surface area contributed by atoms with Gasteiger partial charge in [-0.1, -0.05) is 22.9 Å². The van der Waals surface area contributed by atoms with Crippen molar-refractivity contribution in [3.63, 3.8) is 0 Å². The summed E-state index contributed by atoms with van der Waals surface area (Å²) in [6.07, 6.45) is 0.296. The lowest BCUT2D eigenvalue weighted by Gasteiger charge is -2.20. The Hall–Kier alpha value is -1.76. The molecule has 0 spiro atoms. The minimum atomic E-state index is -0.509. The molecule has 7 heteroatoms. The summed E-state index contributed by atoms with van der Waals surface area (Å²) in [7, 11) is 1.33. The fourth-order valence-corrected chi connectivity index (χ4v) is 2.31. The van der Waals surface area contributed by atoms with Gasteiger partial charge in [0.1, 0.15) is 16.9 Å². The first-order chi connectivity index (χ1) is 11.6. The number of ether oxygens (including phenoxy) is 3. The number of benzene rings is 1. The first-order valence-corrected chi connectivity index (χ1v) is 8.89. The Kier molecular flexibility index (Phi) is 8.22. The maximum atomic E-state index is 11.8. The maximum absolute atomic E-state index is 11.8. The molecule has 1 aromatic rings. The van der Waals surface area contributed by atoms with Gasteiger partial charge in [0, 0.05) is 11.0 Å². The van der Waals surface area contributed by atoms with Crippen LogP contribution in [-0.4, -0.2) is 37.9 Å². The zero-order valence-electron chi connectivity index (χ0n) is 15.3. The van der Waals surface area contributed by atoms with Crippen LogP contribution in [-0.2, 0) is 9.47 Å². The van der Waals surface area contributed by atoms with Crippen molar-refractivity contribution in [1.29, 1.82) is 0 Å². The maximum Gasteiger partial charge on any atom is 0.407 e. The van der Waals surface area contributed by atoms with Crippen LogP contribution in [0.4, 0.5) is 4.79 Å². The SMILES string of the molecule is COC(=O)c1cc(Br)ccc1OCC(C)CCNC(=O)OC(C)(C)C. The van der Waals surface area contributed by atoms with Gasteiger partial charge < -0.3 is 19.5 Å². The molecule has 1 atom stereocenters. The highest BCUT2D eigenvalue weighted by molar-refractivity contribution is 9.10. The van der Waals surface area contributed by atoms with Crippen LogP contribution >= 0.6 is 15.9 Å². The molecule has 0 aromatic heterocycles. The van der Waals surface area contributed by atoms with E-state index in [1.54, 1.807) is 18.2 Å². The second kappa shape index (κ2) is 9.65. The minimum absolute atomic E-state index is 0.184. The molecule has 0 fully saturated rings. The van der Waals surface area contributed by atoms with E-state index in [9.17, 15) is 9.59 Å². The quantitative estimate of drug-likeness (QED) is 0.676. The summed E-state index contributed by atoms with van der Waals surface area (Å²) >= 11 is 3.33. The highest BCUT2D eigenvalue weighted by Crippen LogP contribution is 2.24. The number of carbonyl (C=O) groups excluding carboxylic acids is 2. The lowest BCUT2D eigenvalue weighted by Crippen LogP contribution is -2.33. The molecule has 0 heterocycles. The summed E-state index contributed by atoms with van der Waals surface area (Å²) in [6.45, 7) is 8.37. The summed E-state index contributed by atoms with van der Waals surface area (Å²) in [6, 6.07) is 5.19. The first-order valence-electron chi connectivity index (χ1n) is 8.10. The molecule has 0 saturated carbocycles. The van der Waals surface area contributed by atoms with Crippen molar-refractivity contribution in [2.75, 3.05) is 20.3 Å². The van der Waals surface area contributed by atoms with Crippen LogP contribution in [0.15, 0.2) is 22.7 Å². The van der Waals surface area contributed by atoms with E-state index >= 15 is 0 Å². The molecule has 0 aliphatic heterocycles. The van der Waals surface area contributed by atoms with Gasteiger partial charge in [-0.15, -0.1) is 0 Å². The smallest absolute Gasteiger partial charge is 0.407 e. The third-order valence-corrected chi connectivity index (χ3v) is 3.67. The standard InChI is InChI=1S/C18H26BrNO5/c1-12(8-9-20-17(22)25-18(2,3)4)11-24-15-7-6-13(19)10-14(15)16(21)23-5/h6-7,10,12H,8-9,11H2,1-5H3,(H,20,22). The van der Waals surface area contributed by atoms with Gasteiger partial charge >= 0.3 is 12.1 Å². The second-order valence-electron chi connectivity index (χ2n) is 6.77. The summed E-state index contributed by atoms with van der Waals surface area (Å²) in [4.78, 5) is 23.4. The van der Waals surface area contributed by atoms with Crippen LogP contribution in [0, 0.1) is 5.92 Å². The van der Waals surface area contributed by atoms with Crippen LogP contribution in [0.25, 0.3) is 0 Å². The van der Waals surface area contributed by atoms with Crippen LogP contribution in [0.5, 0.6) is 5.75 Å². The van der Waals surface area contributed by atoms with Crippen molar-refractivity contribution >= 4 is 28.0 Å². The number of rotatable bonds is 7. The number of hydrogen-bond acceptors (Lipinski definition) is 5. The first kappa shape index (κ1) is 21.3. The Balaban J connectivity index is 2.45. The van der Waals surface area contributed by atoms with Crippen molar-refractivity contribution < 1.29 is 23.8 Å². The predicted molar refractivity (Wildman–Crippen MR) is 99.0 cm³/mol. The molecule has 0 saturated heterocycles. The molecule has 6 nitrogen and oxygen atoms in total. The molecule has 1 amide bonds. The van der Waals surface area contributed by atoms with Crippen LogP contribution in [0.2, 0.25) is 0 Å². The molecule has 0 radical (unpaired) electrons. The zero-order valence-corrected chi connectivity index (χ0v) is 16.9. The Bertz CT molecular complexity index is 598.